The summed E-state index contributed by atoms with van der Waals surface area (Å²) in [5.41, 5.74) is 0.383. The van der Waals surface area contributed by atoms with Gasteiger partial charge >= 0.3 is 0 Å². The van der Waals surface area contributed by atoms with E-state index < -0.39 is 5.83 Å². The van der Waals surface area contributed by atoms with Gasteiger partial charge in [-0.25, -0.2) is 4.39 Å². The number of hydrogen-bond acceptors (Lipinski definition) is 0. The van der Waals surface area contributed by atoms with Crippen LogP contribution in [0, 0.1) is 0 Å². The van der Waals surface area contributed by atoms with E-state index in [-0.39, 0.29) is 5.03 Å². The van der Waals surface area contributed by atoms with Gasteiger partial charge in [0.15, 0.2) is 0 Å². The second kappa shape index (κ2) is 4.58. The highest BCUT2D eigenvalue weighted by atomic mass is 35.5. The molecule has 0 aliphatic carbocycles. The Morgan fingerprint density at radius 2 is 1.82 bits per heavy atom. The lowest BCUT2D eigenvalue weighted by Crippen LogP contribution is -1.79. The third-order valence-electron chi connectivity index (χ3n) is 1.16. The van der Waals surface area contributed by atoms with Crippen LogP contribution in [0.3, 0.4) is 0 Å². The maximum absolute atomic E-state index is 12.9. The van der Waals surface area contributed by atoms with Crippen molar-refractivity contribution in [2.45, 2.75) is 13.8 Å². The highest BCUT2D eigenvalue weighted by molar-refractivity contribution is 6.31. The van der Waals surface area contributed by atoms with E-state index in [2.05, 4.69) is 6.58 Å². The number of hydrogen-bond donors (Lipinski definition) is 0. The molecule has 62 valence electrons. The molecule has 0 unspecified atom stereocenters. The van der Waals surface area contributed by atoms with Gasteiger partial charge in [0.2, 0.25) is 0 Å². The van der Waals surface area contributed by atoms with Gasteiger partial charge in [-0.1, -0.05) is 29.8 Å². The average Bonchev–Trinajstić information content (AvgIpc) is 1.84. The first-order valence-electron chi connectivity index (χ1n) is 3.00. The molecule has 0 amide bonds. The zero-order valence-electron chi connectivity index (χ0n) is 6.42. The molecule has 0 radical (unpaired) electrons. The monoisotopic (exact) mass is 194 g/mol. The lowest BCUT2D eigenvalue weighted by Gasteiger charge is -1.97. The van der Waals surface area contributed by atoms with Crippen molar-refractivity contribution in [2.24, 2.45) is 0 Å². The van der Waals surface area contributed by atoms with E-state index in [4.69, 9.17) is 23.2 Å². The van der Waals surface area contributed by atoms with Crippen LogP contribution in [0.15, 0.2) is 34.1 Å². The molecule has 0 saturated heterocycles. The molecule has 3 heteroatoms. The molecule has 0 aliphatic rings. The second-order valence-corrected chi connectivity index (χ2v) is 3.15. The molecular formula is C8H9Cl2F. The highest BCUT2D eigenvalue weighted by Crippen LogP contribution is 2.19. The maximum atomic E-state index is 12.9. The second-order valence-electron chi connectivity index (χ2n) is 2.10. The summed E-state index contributed by atoms with van der Waals surface area (Å²) in [7, 11) is 0. The predicted octanol–water partition coefficient (Wildman–Crippen LogP) is 4.13. The van der Waals surface area contributed by atoms with Gasteiger partial charge < -0.3 is 0 Å². The molecule has 11 heavy (non-hydrogen) atoms. The molecule has 0 rings (SSSR count). The molecular weight excluding hydrogens is 186 g/mol. The van der Waals surface area contributed by atoms with Gasteiger partial charge in [0.05, 0.1) is 0 Å². The average molecular weight is 195 g/mol. The summed E-state index contributed by atoms with van der Waals surface area (Å²) < 4.78 is 12.9. The minimum absolute atomic E-state index is 0.153. The third kappa shape index (κ3) is 4.23. The Labute approximate surface area is 76.0 Å². The molecule has 0 bridgehead atoms. The Kier molecular flexibility index (Phi) is 4.46. The molecule has 0 nitrogen and oxygen atoms in total. The third-order valence-corrected chi connectivity index (χ3v) is 1.55. The van der Waals surface area contributed by atoms with Crippen LogP contribution >= 0.6 is 23.2 Å². The van der Waals surface area contributed by atoms with E-state index in [1.807, 2.05) is 0 Å². The Balaban J connectivity index is 4.63. The van der Waals surface area contributed by atoms with Crippen molar-refractivity contribution in [3.05, 3.63) is 34.1 Å². The molecule has 0 fully saturated rings. The molecule has 0 atom stereocenters. The molecule has 0 heterocycles. The van der Waals surface area contributed by atoms with E-state index in [1.165, 1.54) is 0 Å². The van der Waals surface area contributed by atoms with Crippen molar-refractivity contribution < 1.29 is 4.39 Å². The van der Waals surface area contributed by atoms with Gasteiger partial charge in [-0.3, -0.25) is 0 Å². The number of rotatable bonds is 2. The van der Waals surface area contributed by atoms with Gasteiger partial charge in [-0.15, -0.1) is 0 Å². The highest BCUT2D eigenvalue weighted by Gasteiger charge is 2.00. The molecule has 0 aromatic rings. The first-order valence-corrected chi connectivity index (χ1v) is 3.75. The van der Waals surface area contributed by atoms with Crippen molar-refractivity contribution in [1.82, 2.24) is 0 Å². The molecule has 0 aliphatic heterocycles. The zero-order chi connectivity index (χ0) is 9.02. The Morgan fingerprint density at radius 3 is 2.09 bits per heavy atom. The van der Waals surface area contributed by atoms with Crippen LogP contribution in [0.4, 0.5) is 4.39 Å². The van der Waals surface area contributed by atoms with Crippen molar-refractivity contribution in [2.75, 3.05) is 0 Å². The van der Waals surface area contributed by atoms with Gasteiger partial charge in [0.25, 0.3) is 0 Å². The van der Waals surface area contributed by atoms with Gasteiger partial charge in [-0.2, -0.15) is 0 Å². The van der Waals surface area contributed by atoms with Crippen LogP contribution in [-0.2, 0) is 0 Å². The van der Waals surface area contributed by atoms with E-state index >= 15 is 0 Å². The SMILES string of the molecule is C=C(Cl)/C=C(F)\C(C)=C(/C)Cl. The van der Waals surface area contributed by atoms with Gasteiger partial charge in [0, 0.05) is 10.1 Å². The van der Waals surface area contributed by atoms with Crippen LogP contribution in [0.5, 0.6) is 0 Å². The largest absolute Gasteiger partial charge is 0.207 e. The van der Waals surface area contributed by atoms with E-state index in [9.17, 15) is 4.39 Å². The standard InChI is InChI=1S/C8H9Cl2F/c1-5(9)4-8(11)6(2)7(3)10/h4H,1H2,2-3H3/b7-6+,8-4+. The molecule has 0 N–H and O–H groups in total. The zero-order valence-corrected chi connectivity index (χ0v) is 7.93. The molecule has 0 saturated carbocycles. The smallest absolute Gasteiger partial charge is 0.128 e. The number of allylic oxidation sites excluding steroid dienone is 5. The van der Waals surface area contributed by atoms with Crippen LogP contribution in [0.1, 0.15) is 13.8 Å². The van der Waals surface area contributed by atoms with Crippen molar-refractivity contribution in [3.8, 4) is 0 Å². The summed E-state index contributed by atoms with van der Waals surface area (Å²) in [6.07, 6.45) is 1.13. The molecule has 0 aromatic heterocycles. The summed E-state index contributed by atoms with van der Waals surface area (Å²) in [5, 5.41) is 0.566. The van der Waals surface area contributed by atoms with Gasteiger partial charge in [0.1, 0.15) is 5.83 Å². The fraction of sp³-hybridized carbons (Fsp3) is 0.250. The minimum Gasteiger partial charge on any atom is -0.207 e. The van der Waals surface area contributed by atoms with E-state index in [1.54, 1.807) is 13.8 Å². The number of halogens is 3. The van der Waals surface area contributed by atoms with Crippen LogP contribution < -0.4 is 0 Å². The fourth-order valence-electron chi connectivity index (χ4n) is 0.410. The minimum atomic E-state index is -0.447. The predicted molar refractivity (Wildman–Crippen MR) is 48.4 cm³/mol. The first-order chi connectivity index (χ1) is 4.95. The van der Waals surface area contributed by atoms with Crippen LogP contribution in [0.2, 0.25) is 0 Å². The lowest BCUT2D eigenvalue weighted by atomic mass is 10.2. The lowest BCUT2D eigenvalue weighted by molar-refractivity contribution is 0.650. The topological polar surface area (TPSA) is 0 Å². The Morgan fingerprint density at radius 1 is 1.36 bits per heavy atom. The van der Waals surface area contributed by atoms with E-state index in [0.717, 1.165) is 6.08 Å². The fourth-order valence-corrected chi connectivity index (χ4v) is 0.596. The summed E-state index contributed by atoms with van der Waals surface area (Å²) in [6.45, 7) is 6.51. The van der Waals surface area contributed by atoms with Crippen molar-refractivity contribution in [1.29, 1.82) is 0 Å². The Hall–Kier alpha value is -0.270. The summed E-state index contributed by atoms with van der Waals surface area (Å²) in [5.74, 6) is -0.447. The van der Waals surface area contributed by atoms with Crippen molar-refractivity contribution in [3.63, 3.8) is 0 Å². The summed E-state index contributed by atoms with van der Waals surface area (Å²) in [6, 6.07) is 0. The summed E-state index contributed by atoms with van der Waals surface area (Å²) in [4.78, 5) is 0. The summed E-state index contributed by atoms with van der Waals surface area (Å²) >= 11 is 10.9. The van der Waals surface area contributed by atoms with Crippen molar-refractivity contribution >= 4 is 23.2 Å². The van der Waals surface area contributed by atoms with Gasteiger partial charge in [-0.05, 0) is 25.5 Å². The maximum Gasteiger partial charge on any atom is 0.128 e. The molecule has 0 aromatic carbocycles. The normalized spacial score (nSPS) is 14.5. The van der Waals surface area contributed by atoms with Crippen LogP contribution in [0.25, 0.3) is 0 Å². The molecule has 0 spiro atoms. The first kappa shape index (κ1) is 10.7. The quantitative estimate of drug-likeness (QED) is 0.581. The van der Waals surface area contributed by atoms with E-state index in [0.29, 0.717) is 10.6 Å². The Bertz CT molecular complexity index is 222. The van der Waals surface area contributed by atoms with Crippen LogP contribution in [-0.4, -0.2) is 0 Å².